The minimum Gasteiger partial charge on any atom is -0.478 e. The van der Waals surface area contributed by atoms with Gasteiger partial charge in [0.05, 0.1) is 11.1 Å². The SMILES string of the molecule is O=C(O)c1cc(Br)ccc1-c1c(F)cc(F)cc1F. The molecular weight excluding hydrogens is 325 g/mol. The normalized spacial score (nSPS) is 10.5. The van der Waals surface area contributed by atoms with Crippen LogP contribution in [0.5, 0.6) is 0 Å². The molecule has 0 atom stereocenters. The maximum absolute atomic E-state index is 13.7. The van der Waals surface area contributed by atoms with E-state index in [2.05, 4.69) is 15.9 Å². The van der Waals surface area contributed by atoms with Gasteiger partial charge in [-0.15, -0.1) is 0 Å². The van der Waals surface area contributed by atoms with Crippen molar-refractivity contribution in [2.75, 3.05) is 0 Å². The fourth-order valence-electron chi connectivity index (χ4n) is 1.71. The van der Waals surface area contributed by atoms with E-state index in [1.54, 1.807) is 0 Å². The smallest absolute Gasteiger partial charge is 0.336 e. The Morgan fingerprint density at radius 3 is 2.16 bits per heavy atom. The molecule has 0 saturated heterocycles. The van der Waals surface area contributed by atoms with Crippen molar-refractivity contribution < 1.29 is 23.1 Å². The molecule has 2 rings (SSSR count). The summed E-state index contributed by atoms with van der Waals surface area (Å²) in [5.41, 5.74) is -0.990. The lowest BCUT2D eigenvalue weighted by Gasteiger charge is -2.09. The molecule has 0 aliphatic carbocycles. The van der Waals surface area contributed by atoms with Crippen molar-refractivity contribution >= 4 is 21.9 Å². The Morgan fingerprint density at radius 2 is 1.63 bits per heavy atom. The molecule has 0 fully saturated rings. The zero-order valence-corrected chi connectivity index (χ0v) is 10.8. The van der Waals surface area contributed by atoms with Gasteiger partial charge in [0.25, 0.3) is 0 Å². The lowest BCUT2D eigenvalue weighted by molar-refractivity contribution is 0.0697. The van der Waals surface area contributed by atoms with Crippen LogP contribution in [0.2, 0.25) is 0 Å². The molecule has 2 aromatic rings. The van der Waals surface area contributed by atoms with Crippen molar-refractivity contribution in [2.24, 2.45) is 0 Å². The third-order valence-corrected chi connectivity index (χ3v) is 2.98. The van der Waals surface area contributed by atoms with E-state index in [9.17, 15) is 18.0 Å². The van der Waals surface area contributed by atoms with Crippen molar-refractivity contribution in [3.63, 3.8) is 0 Å². The molecule has 2 aromatic carbocycles. The molecule has 2 nitrogen and oxygen atoms in total. The van der Waals surface area contributed by atoms with Crippen LogP contribution < -0.4 is 0 Å². The molecule has 0 unspecified atom stereocenters. The average Bonchev–Trinajstić information content (AvgIpc) is 2.29. The number of carboxylic acids is 1. The highest BCUT2D eigenvalue weighted by Gasteiger charge is 2.19. The van der Waals surface area contributed by atoms with Gasteiger partial charge in [0.2, 0.25) is 0 Å². The standard InChI is InChI=1S/C13H6BrF3O2/c14-6-1-2-8(9(3-6)13(18)19)12-10(16)4-7(15)5-11(12)17/h1-5H,(H,18,19). The van der Waals surface area contributed by atoms with Crippen LogP contribution in [0, 0.1) is 17.5 Å². The molecule has 0 aromatic heterocycles. The predicted molar refractivity (Wildman–Crippen MR) is 66.4 cm³/mol. The van der Waals surface area contributed by atoms with E-state index in [0.29, 0.717) is 16.6 Å². The topological polar surface area (TPSA) is 37.3 Å². The van der Waals surface area contributed by atoms with E-state index < -0.39 is 29.0 Å². The third-order valence-electron chi connectivity index (χ3n) is 2.49. The van der Waals surface area contributed by atoms with Gasteiger partial charge in [0.1, 0.15) is 17.5 Å². The van der Waals surface area contributed by atoms with Gasteiger partial charge in [0, 0.05) is 22.2 Å². The Labute approximate surface area is 114 Å². The van der Waals surface area contributed by atoms with E-state index >= 15 is 0 Å². The first-order valence-electron chi connectivity index (χ1n) is 5.08. The largest absolute Gasteiger partial charge is 0.478 e. The Morgan fingerprint density at radius 1 is 1.05 bits per heavy atom. The van der Waals surface area contributed by atoms with Crippen molar-refractivity contribution in [3.8, 4) is 11.1 Å². The Balaban J connectivity index is 2.76. The molecular formula is C13H6BrF3O2. The third kappa shape index (κ3) is 2.63. The fraction of sp³-hybridized carbons (Fsp3) is 0. The zero-order valence-electron chi connectivity index (χ0n) is 9.25. The summed E-state index contributed by atoms with van der Waals surface area (Å²) in [6.07, 6.45) is 0. The minimum atomic E-state index is -1.33. The van der Waals surface area contributed by atoms with Crippen molar-refractivity contribution in [3.05, 3.63) is 57.8 Å². The Bertz CT molecular complexity index is 648. The average molecular weight is 331 g/mol. The molecule has 0 radical (unpaired) electrons. The highest BCUT2D eigenvalue weighted by molar-refractivity contribution is 9.10. The first kappa shape index (κ1) is 13.6. The van der Waals surface area contributed by atoms with Crippen LogP contribution in [0.1, 0.15) is 10.4 Å². The van der Waals surface area contributed by atoms with Gasteiger partial charge in [-0.3, -0.25) is 0 Å². The lowest BCUT2D eigenvalue weighted by atomic mass is 9.98. The summed E-state index contributed by atoms with van der Waals surface area (Å²) < 4.78 is 40.6. The predicted octanol–water partition coefficient (Wildman–Crippen LogP) is 4.23. The molecule has 0 saturated carbocycles. The molecule has 98 valence electrons. The molecule has 0 aliphatic rings. The maximum Gasteiger partial charge on any atom is 0.336 e. The van der Waals surface area contributed by atoms with Gasteiger partial charge in [-0.1, -0.05) is 22.0 Å². The number of hydrogen-bond donors (Lipinski definition) is 1. The van der Waals surface area contributed by atoms with E-state index in [4.69, 9.17) is 5.11 Å². The van der Waals surface area contributed by atoms with Crippen molar-refractivity contribution in [1.82, 2.24) is 0 Å². The van der Waals surface area contributed by atoms with Gasteiger partial charge in [-0.05, 0) is 12.1 Å². The molecule has 0 spiro atoms. The van der Waals surface area contributed by atoms with Crippen LogP contribution >= 0.6 is 15.9 Å². The highest BCUT2D eigenvalue weighted by Crippen LogP contribution is 2.31. The van der Waals surface area contributed by atoms with Crippen LogP contribution in [0.15, 0.2) is 34.8 Å². The minimum absolute atomic E-state index is 0.147. The van der Waals surface area contributed by atoms with Crippen LogP contribution in [0.3, 0.4) is 0 Å². The highest BCUT2D eigenvalue weighted by atomic mass is 79.9. The summed E-state index contributed by atoms with van der Waals surface area (Å²) in [5.74, 6) is -4.70. The molecule has 0 heterocycles. The number of benzene rings is 2. The summed E-state index contributed by atoms with van der Waals surface area (Å²) in [7, 11) is 0. The maximum atomic E-state index is 13.7. The van der Waals surface area contributed by atoms with E-state index in [0.717, 1.165) is 0 Å². The second-order valence-corrected chi connectivity index (χ2v) is 4.66. The molecule has 0 aliphatic heterocycles. The van der Waals surface area contributed by atoms with Crippen LogP contribution in [0.4, 0.5) is 13.2 Å². The Kier molecular flexibility index (Phi) is 3.61. The van der Waals surface area contributed by atoms with E-state index in [-0.39, 0.29) is 11.1 Å². The van der Waals surface area contributed by atoms with Crippen LogP contribution in [0.25, 0.3) is 11.1 Å². The molecule has 6 heteroatoms. The second-order valence-electron chi connectivity index (χ2n) is 3.74. The lowest BCUT2D eigenvalue weighted by Crippen LogP contribution is -2.02. The molecule has 19 heavy (non-hydrogen) atoms. The number of carbonyl (C=O) groups is 1. The molecule has 1 N–H and O–H groups in total. The van der Waals surface area contributed by atoms with Gasteiger partial charge < -0.3 is 5.11 Å². The molecule has 0 amide bonds. The van der Waals surface area contributed by atoms with Crippen LogP contribution in [-0.2, 0) is 0 Å². The first-order valence-corrected chi connectivity index (χ1v) is 5.87. The number of aromatic carboxylic acids is 1. The second kappa shape index (κ2) is 5.05. The van der Waals surface area contributed by atoms with E-state index in [1.165, 1.54) is 18.2 Å². The first-order chi connectivity index (χ1) is 8.90. The Hall–Kier alpha value is -1.82. The summed E-state index contributed by atoms with van der Waals surface area (Å²) in [6, 6.07) is 4.94. The summed E-state index contributed by atoms with van der Waals surface area (Å²) in [5, 5.41) is 9.05. The van der Waals surface area contributed by atoms with E-state index in [1.807, 2.05) is 0 Å². The quantitative estimate of drug-likeness (QED) is 0.894. The molecule has 0 bridgehead atoms. The van der Waals surface area contributed by atoms with Gasteiger partial charge in [-0.25, -0.2) is 18.0 Å². The van der Waals surface area contributed by atoms with Crippen molar-refractivity contribution in [1.29, 1.82) is 0 Å². The van der Waals surface area contributed by atoms with Crippen molar-refractivity contribution in [2.45, 2.75) is 0 Å². The van der Waals surface area contributed by atoms with Gasteiger partial charge in [-0.2, -0.15) is 0 Å². The van der Waals surface area contributed by atoms with Gasteiger partial charge in [0.15, 0.2) is 0 Å². The zero-order chi connectivity index (χ0) is 14.2. The summed E-state index contributed by atoms with van der Waals surface area (Å²) >= 11 is 3.07. The summed E-state index contributed by atoms with van der Waals surface area (Å²) in [6.45, 7) is 0. The van der Waals surface area contributed by atoms with Gasteiger partial charge >= 0.3 is 5.97 Å². The number of halogens is 4. The number of hydrogen-bond acceptors (Lipinski definition) is 1. The monoisotopic (exact) mass is 330 g/mol. The number of rotatable bonds is 2. The number of carboxylic acid groups (broad SMARTS) is 1. The van der Waals surface area contributed by atoms with Crippen LogP contribution in [-0.4, -0.2) is 11.1 Å². The summed E-state index contributed by atoms with van der Waals surface area (Å²) in [4.78, 5) is 11.1. The fourth-order valence-corrected chi connectivity index (χ4v) is 2.07.